The van der Waals surface area contributed by atoms with Gasteiger partial charge < -0.3 is 18.9 Å². The molecule has 4 rings (SSSR count). The first-order chi connectivity index (χ1) is 15.0. The van der Waals surface area contributed by atoms with Crippen molar-refractivity contribution in [1.82, 2.24) is 24.8 Å². The Bertz CT molecular complexity index is 1040. The smallest absolute Gasteiger partial charge is 0.257 e. The minimum Gasteiger partial charge on any atom is -0.497 e. The number of nitrogens with zero attached hydrogens (tertiary/aromatic N) is 5. The quantitative estimate of drug-likeness (QED) is 0.574. The van der Waals surface area contributed by atoms with Crippen molar-refractivity contribution in [2.75, 3.05) is 26.8 Å². The van der Waals surface area contributed by atoms with Crippen LogP contribution in [0.15, 0.2) is 34.9 Å². The molecule has 0 spiro atoms. The van der Waals surface area contributed by atoms with E-state index in [-0.39, 0.29) is 5.91 Å². The van der Waals surface area contributed by atoms with Gasteiger partial charge in [0.05, 0.1) is 26.0 Å². The summed E-state index contributed by atoms with van der Waals surface area (Å²) in [6.07, 6.45) is 0.772. The van der Waals surface area contributed by atoms with Gasteiger partial charge in [-0.1, -0.05) is 17.3 Å². The summed E-state index contributed by atoms with van der Waals surface area (Å²) in [5.74, 6) is 1.65. The third-order valence-electron chi connectivity index (χ3n) is 5.33. The molecule has 0 bridgehead atoms. The van der Waals surface area contributed by atoms with E-state index in [1.54, 1.807) is 7.11 Å². The fraction of sp³-hybridized carbons (Fsp3) is 0.455. The van der Waals surface area contributed by atoms with Gasteiger partial charge in [-0.05, 0) is 38.5 Å². The molecule has 2 aromatic heterocycles. The number of morpholine rings is 1. The van der Waals surface area contributed by atoms with Crippen molar-refractivity contribution in [3.8, 4) is 17.1 Å². The molecule has 9 heteroatoms. The number of carbonyl (C=O) groups is 1. The summed E-state index contributed by atoms with van der Waals surface area (Å²) in [5.41, 5.74) is 2.90. The Kier molecular flexibility index (Phi) is 6.31. The van der Waals surface area contributed by atoms with Crippen LogP contribution in [0, 0.1) is 13.8 Å². The van der Waals surface area contributed by atoms with Crippen LogP contribution in [0.1, 0.15) is 36.2 Å². The molecule has 164 valence electrons. The second kappa shape index (κ2) is 9.30. The van der Waals surface area contributed by atoms with Crippen LogP contribution in [0.4, 0.5) is 0 Å². The van der Waals surface area contributed by atoms with E-state index in [0.717, 1.165) is 35.7 Å². The standard InChI is InChI=1S/C22H27N5O4/c1-15-12-16(2)27(24-15)9-5-8-20(28)26-10-11-30-19(14-26)22-23-21(25-31-22)17-6-4-7-18(13-17)29-3/h4,6-7,12-13,19H,5,8-11,14H2,1-3H3/t19-/m0/s1. The minimum absolute atomic E-state index is 0.0994. The number of ether oxygens (including phenoxy) is 2. The third-order valence-corrected chi connectivity index (χ3v) is 5.33. The maximum absolute atomic E-state index is 12.7. The van der Waals surface area contributed by atoms with Crippen molar-refractivity contribution < 1.29 is 18.8 Å². The zero-order chi connectivity index (χ0) is 21.8. The SMILES string of the molecule is COc1cccc(-c2noc([C@@H]3CN(C(=O)CCCn4nc(C)cc4C)CCO3)n2)c1. The number of amides is 1. The summed E-state index contributed by atoms with van der Waals surface area (Å²) in [6.45, 7) is 6.13. The minimum atomic E-state index is -0.430. The molecular formula is C22H27N5O4. The molecule has 31 heavy (non-hydrogen) atoms. The van der Waals surface area contributed by atoms with Crippen molar-refractivity contribution in [2.45, 2.75) is 39.3 Å². The van der Waals surface area contributed by atoms with E-state index >= 15 is 0 Å². The van der Waals surface area contributed by atoms with E-state index in [9.17, 15) is 4.79 Å². The van der Waals surface area contributed by atoms with Crippen molar-refractivity contribution in [3.63, 3.8) is 0 Å². The molecule has 1 amide bonds. The van der Waals surface area contributed by atoms with Crippen molar-refractivity contribution in [1.29, 1.82) is 0 Å². The highest BCUT2D eigenvalue weighted by molar-refractivity contribution is 5.76. The van der Waals surface area contributed by atoms with Crippen LogP contribution in [-0.2, 0) is 16.1 Å². The van der Waals surface area contributed by atoms with Gasteiger partial charge in [-0.25, -0.2) is 0 Å². The maximum atomic E-state index is 12.7. The Balaban J connectivity index is 1.34. The summed E-state index contributed by atoms with van der Waals surface area (Å²) >= 11 is 0. The predicted molar refractivity (Wildman–Crippen MR) is 112 cm³/mol. The number of methoxy groups -OCH3 is 1. The molecule has 1 fully saturated rings. The summed E-state index contributed by atoms with van der Waals surface area (Å²) < 4.78 is 18.4. The zero-order valence-electron chi connectivity index (χ0n) is 18.1. The lowest BCUT2D eigenvalue weighted by Gasteiger charge is -2.31. The molecule has 1 aliphatic heterocycles. The van der Waals surface area contributed by atoms with E-state index in [2.05, 4.69) is 15.2 Å². The van der Waals surface area contributed by atoms with Gasteiger partial charge in [0.2, 0.25) is 11.7 Å². The van der Waals surface area contributed by atoms with Gasteiger partial charge in [-0.3, -0.25) is 9.48 Å². The Morgan fingerprint density at radius 1 is 1.29 bits per heavy atom. The monoisotopic (exact) mass is 425 g/mol. The molecule has 0 saturated carbocycles. The molecule has 9 nitrogen and oxygen atoms in total. The number of hydrogen-bond donors (Lipinski definition) is 0. The summed E-state index contributed by atoms with van der Waals surface area (Å²) in [4.78, 5) is 19.0. The van der Waals surface area contributed by atoms with Gasteiger partial charge in [0, 0.05) is 30.8 Å². The average molecular weight is 425 g/mol. The normalized spacial score (nSPS) is 16.5. The van der Waals surface area contributed by atoms with E-state index in [0.29, 0.717) is 37.8 Å². The lowest BCUT2D eigenvalue weighted by atomic mass is 10.2. The Morgan fingerprint density at radius 2 is 2.16 bits per heavy atom. The molecule has 0 unspecified atom stereocenters. The lowest BCUT2D eigenvalue weighted by Crippen LogP contribution is -2.42. The molecule has 3 heterocycles. The highest BCUT2D eigenvalue weighted by atomic mass is 16.5. The fourth-order valence-corrected chi connectivity index (χ4v) is 3.71. The Morgan fingerprint density at radius 3 is 2.94 bits per heavy atom. The molecule has 0 radical (unpaired) electrons. The number of aryl methyl sites for hydroxylation is 3. The molecular weight excluding hydrogens is 398 g/mol. The summed E-state index contributed by atoms with van der Waals surface area (Å²) in [7, 11) is 1.61. The summed E-state index contributed by atoms with van der Waals surface area (Å²) in [6, 6.07) is 9.49. The Hall–Kier alpha value is -3.20. The molecule has 1 saturated heterocycles. The first kappa shape index (κ1) is 21.0. The second-order valence-electron chi connectivity index (χ2n) is 7.64. The molecule has 0 N–H and O–H groups in total. The molecule has 1 aliphatic rings. The average Bonchev–Trinajstić information content (AvgIpc) is 3.40. The topological polar surface area (TPSA) is 95.5 Å². The number of aromatic nitrogens is 4. The number of rotatable bonds is 7. The van der Waals surface area contributed by atoms with Crippen molar-refractivity contribution >= 4 is 5.91 Å². The van der Waals surface area contributed by atoms with Gasteiger partial charge in [0.1, 0.15) is 5.75 Å². The number of hydrogen-bond acceptors (Lipinski definition) is 7. The van der Waals surface area contributed by atoms with Crippen LogP contribution in [0.3, 0.4) is 0 Å². The molecule has 3 aromatic rings. The van der Waals surface area contributed by atoms with E-state index in [1.165, 1.54) is 0 Å². The van der Waals surface area contributed by atoms with Gasteiger partial charge in [0.25, 0.3) is 5.89 Å². The predicted octanol–water partition coefficient (Wildman–Crippen LogP) is 2.94. The summed E-state index contributed by atoms with van der Waals surface area (Å²) in [5, 5.41) is 8.51. The zero-order valence-corrected chi connectivity index (χ0v) is 18.1. The van der Waals surface area contributed by atoms with Crippen LogP contribution in [-0.4, -0.2) is 57.5 Å². The number of benzene rings is 1. The highest BCUT2D eigenvalue weighted by Gasteiger charge is 2.29. The van der Waals surface area contributed by atoms with Crippen LogP contribution in [0.25, 0.3) is 11.4 Å². The second-order valence-corrected chi connectivity index (χ2v) is 7.64. The van der Waals surface area contributed by atoms with Gasteiger partial charge in [-0.15, -0.1) is 0 Å². The van der Waals surface area contributed by atoms with Gasteiger partial charge >= 0.3 is 0 Å². The Labute approximate surface area is 180 Å². The van der Waals surface area contributed by atoms with Crippen LogP contribution in [0.5, 0.6) is 5.75 Å². The molecule has 1 aromatic carbocycles. The van der Waals surface area contributed by atoms with Crippen molar-refractivity contribution in [2.24, 2.45) is 0 Å². The third kappa shape index (κ3) is 4.93. The maximum Gasteiger partial charge on any atom is 0.257 e. The van der Waals surface area contributed by atoms with Gasteiger partial charge in [0.15, 0.2) is 6.10 Å². The van der Waals surface area contributed by atoms with Crippen LogP contribution < -0.4 is 4.74 Å². The first-order valence-corrected chi connectivity index (χ1v) is 10.4. The van der Waals surface area contributed by atoms with E-state index < -0.39 is 6.10 Å². The van der Waals surface area contributed by atoms with Gasteiger partial charge in [-0.2, -0.15) is 10.1 Å². The first-order valence-electron chi connectivity index (χ1n) is 10.4. The highest BCUT2D eigenvalue weighted by Crippen LogP contribution is 2.26. The van der Waals surface area contributed by atoms with Crippen molar-refractivity contribution in [3.05, 3.63) is 47.6 Å². The van der Waals surface area contributed by atoms with E-state index in [1.807, 2.05) is 53.8 Å². The number of carbonyl (C=O) groups excluding carboxylic acids is 1. The molecule has 1 atom stereocenters. The molecule has 0 aliphatic carbocycles. The fourth-order valence-electron chi connectivity index (χ4n) is 3.71. The lowest BCUT2D eigenvalue weighted by molar-refractivity contribution is -0.140. The van der Waals surface area contributed by atoms with Crippen LogP contribution >= 0.6 is 0 Å². The van der Waals surface area contributed by atoms with E-state index in [4.69, 9.17) is 14.0 Å². The largest absolute Gasteiger partial charge is 0.497 e. The van der Waals surface area contributed by atoms with Crippen LogP contribution in [0.2, 0.25) is 0 Å².